The zero-order valence-corrected chi connectivity index (χ0v) is 14.4. The van der Waals surface area contributed by atoms with Gasteiger partial charge in [0.2, 0.25) is 15.9 Å². The number of piperazine rings is 1. The van der Waals surface area contributed by atoms with Gasteiger partial charge in [0.25, 0.3) is 0 Å². The van der Waals surface area contributed by atoms with Crippen LogP contribution in [-0.2, 0) is 14.8 Å². The molecule has 1 aromatic heterocycles. The molecule has 0 aromatic carbocycles. The van der Waals surface area contributed by atoms with Crippen LogP contribution in [0.5, 0.6) is 0 Å². The number of imidazole rings is 1. The van der Waals surface area contributed by atoms with Crippen molar-refractivity contribution >= 4 is 15.9 Å². The molecule has 1 aromatic rings. The summed E-state index contributed by atoms with van der Waals surface area (Å²) in [4.78, 5) is 18.7. The minimum Gasteiger partial charge on any atom is -0.338 e. The lowest BCUT2D eigenvalue weighted by molar-refractivity contribution is -0.135. The molecular formula is C14H24N4O3S. The third kappa shape index (κ3) is 3.49. The summed E-state index contributed by atoms with van der Waals surface area (Å²) in [6.45, 7) is 7.53. The lowest BCUT2D eigenvalue weighted by Crippen LogP contribution is -2.51. The Bertz CT molecular complexity index is 630. The van der Waals surface area contributed by atoms with Crippen LogP contribution in [0.2, 0.25) is 0 Å². The van der Waals surface area contributed by atoms with Gasteiger partial charge in [-0.15, -0.1) is 0 Å². The molecule has 1 unspecified atom stereocenters. The Hall–Kier alpha value is -1.41. The lowest BCUT2D eigenvalue weighted by atomic mass is 10.2. The maximum atomic E-state index is 12.6. The largest absolute Gasteiger partial charge is 0.338 e. The number of nitrogens with zero attached hydrogens (tertiary/aromatic N) is 4. The molecule has 0 radical (unpaired) electrons. The Balaban J connectivity index is 2.05. The molecule has 22 heavy (non-hydrogen) atoms. The van der Waals surface area contributed by atoms with Gasteiger partial charge in [-0.2, -0.15) is 4.31 Å². The van der Waals surface area contributed by atoms with Gasteiger partial charge < -0.3 is 9.47 Å². The Morgan fingerprint density at radius 2 is 1.77 bits per heavy atom. The van der Waals surface area contributed by atoms with Gasteiger partial charge in [0, 0.05) is 44.5 Å². The molecule has 1 atom stereocenters. The molecule has 2 rings (SSSR count). The molecule has 7 nitrogen and oxygen atoms in total. The molecular weight excluding hydrogens is 304 g/mol. The monoisotopic (exact) mass is 328 g/mol. The third-order valence-electron chi connectivity index (χ3n) is 4.01. The standard InChI is InChI=1S/C14H24N4O3S/c1-11(2)13-15-5-6-18(13)12(3)14(19)16-7-9-17(10-8-16)22(4,20)21/h5-6,11-12H,7-10H2,1-4H3. The molecule has 124 valence electrons. The second-order valence-electron chi connectivity index (χ2n) is 6.01. The van der Waals surface area contributed by atoms with Gasteiger partial charge in [-0.05, 0) is 6.92 Å². The van der Waals surface area contributed by atoms with Gasteiger partial charge in [-0.1, -0.05) is 13.8 Å². The molecule has 0 bridgehead atoms. The fraction of sp³-hybridized carbons (Fsp3) is 0.714. The third-order valence-corrected chi connectivity index (χ3v) is 5.31. The number of aromatic nitrogens is 2. The van der Waals surface area contributed by atoms with Crippen LogP contribution in [0, 0.1) is 0 Å². The van der Waals surface area contributed by atoms with Crippen LogP contribution in [-0.4, -0.2) is 65.5 Å². The molecule has 0 aliphatic carbocycles. The highest BCUT2D eigenvalue weighted by atomic mass is 32.2. The molecule has 2 heterocycles. The number of amides is 1. The fourth-order valence-electron chi connectivity index (χ4n) is 2.72. The first-order valence-electron chi connectivity index (χ1n) is 7.48. The van der Waals surface area contributed by atoms with E-state index in [-0.39, 0.29) is 17.9 Å². The highest BCUT2D eigenvalue weighted by Gasteiger charge is 2.29. The maximum absolute atomic E-state index is 12.6. The predicted octanol–water partition coefficient (Wildman–Crippen LogP) is 0.671. The summed E-state index contributed by atoms with van der Waals surface area (Å²) < 4.78 is 26.3. The lowest BCUT2D eigenvalue weighted by Gasteiger charge is -2.35. The van der Waals surface area contributed by atoms with E-state index in [0.29, 0.717) is 26.2 Å². The van der Waals surface area contributed by atoms with Crippen LogP contribution in [0.1, 0.15) is 38.6 Å². The van der Waals surface area contributed by atoms with Crippen molar-refractivity contribution in [1.29, 1.82) is 0 Å². The number of carbonyl (C=O) groups excluding carboxylic acids is 1. The number of carbonyl (C=O) groups is 1. The first-order valence-corrected chi connectivity index (χ1v) is 9.33. The van der Waals surface area contributed by atoms with E-state index in [2.05, 4.69) is 4.98 Å². The SMILES string of the molecule is CC(C)c1nccn1C(C)C(=O)N1CCN(S(C)(=O)=O)CC1. The normalized spacial score (nSPS) is 18.7. The summed E-state index contributed by atoms with van der Waals surface area (Å²) in [5.41, 5.74) is 0. The van der Waals surface area contributed by atoms with Gasteiger partial charge in [0.05, 0.1) is 6.26 Å². The van der Waals surface area contributed by atoms with Crippen molar-refractivity contribution in [1.82, 2.24) is 18.8 Å². The van der Waals surface area contributed by atoms with Gasteiger partial charge in [0.1, 0.15) is 11.9 Å². The first kappa shape index (κ1) is 17.0. The number of hydrogen-bond donors (Lipinski definition) is 0. The molecule has 0 N–H and O–H groups in total. The van der Waals surface area contributed by atoms with E-state index in [4.69, 9.17) is 0 Å². The Labute approximate surface area is 132 Å². The van der Waals surface area contributed by atoms with E-state index in [1.54, 1.807) is 11.1 Å². The Morgan fingerprint density at radius 3 is 2.27 bits per heavy atom. The molecule has 8 heteroatoms. The van der Waals surface area contributed by atoms with Crippen molar-refractivity contribution in [3.05, 3.63) is 18.2 Å². The summed E-state index contributed by atoms with van der Waals surface area (Å²) in [6.07, 6.45) is 4.73. The van der Waals surface area contributed by atoms with E-state index in [1.807, 2.05) is 31.5 Å². The highest BCUT2D eigenvalue weighted by Crippen LogP contribution is 2.19. The minimum absolute atomic E-state index is 0.00745. The summed E-state index contributed by atoms with van der Waals surface area (Å²) in [5.74, 6) is 1.14. The topological polar surface area (TPSA) is 75.5 Å². The zero-order valence-electron chi connectivity index (χ0n) is 13.6. The average molecular weight is 328 g/mol. The number of rotatable bonds is 4. The van der Waals surface area contributed by atoms with Crippen molar-refractivity contribution in [3.8, 4) is 0 Å². The summed E-state index contributed by atoms with van der Waals surface area (Å²) in [6, 6.07) is -0.329. The van der Waals surface area contributed by atoms with Gasteiger partial charge in [-0.3, -0.25) is 4.79 Å². The van der Waals surface area contributed by atoms with Crippen molar-refractivity contribution in [2.45, 2.75) is 32.7 Å². The van der Waals surface area contributed by atoms with Crippen LogP contribution < -0.4 is 0 Å². The zero-order chi connectivity index (χ0) is 16.5. The first-order chi connectivity index (χ1) is 10.2. The second-order valence-corrected chi connectivity index (χ2v) is 7.99. The molecule has 0 saturated carbocycles. The average Bonchev–Trinajstić information content (AvgIpc) is 2.94. The number of sulfonamides is 1. The summed E-state index contributed by atoms with van der Waals surface area (Å²) in [7, 11) is -3.18. The van der Waals surface area contributed by atoms with Gasteiger partial charge in [0.15, 0.2) is 0 Å². The van der Waals surface area contributed by atoms with Crippen LogP contribution in [0.4, 0.5) is 0 Å². The van der Waals surface area contributed by atoms with Crippen LogP contribution in [0.3, 0.4) is 0 Å². The Morgan fingerprint density at radius 1 is 1.18 bits per heavy atom. The summed E-state index contributed by atoms with van der Waals surface area (Å²) in [5, 5.41) is 0. The van der Waals surface area contributed by atoms with Crippen molar-refractivity contribution in [2.24, 2.45) is 0 Å². The quantitative estimate of drug-likeness (QED) is 0.814. The maximum Gasteiger partial charge on any atom is 0.245 e. The predicted molar refractivity (Wildman–Crippen MR) is 84.0 cm³/mol. The molecule has 1 saturated heterocycles. The smallest absolute Gasteiger partial charge is 0.245 e. The van der Waals surface area contributed by atoms with Crippen LogP contribution in [0.15, 0.2) is 12.4 Å². The van der Waals surface area contributed by atoms with E-state index >= 15 is 0 Å². The molecule has 0 spiro atoms. The fourth-order valence-corrected chi connectivity index (χ4v) is 3.55. The molecule has 1 amide bonds. The van der Waals surface area contributed by atoms with Crippen molar-refractivity contribution in [3.63, 3.8) is 0 Å². The van der Waals surface area contributed by atoms with Crippen molar-refractivity contribution in [2.75, 3.05) is 32.4 Å². The van der Waals surface area contributed by atoms with Gasteiger partial charge in [-0.25, -0.2) is 13.4 Å². The molecule has 1 aliphatic rings. The second kappa shape index (κ2) is 6.37. The van der Waals surface area contributed by atoms with E-state index in [0.717, 1.165) is 5.82 Å². The van der Waals surface area contributed by atoms with E-state index in [9.17, 15) is 13.2 Å². The number of hydrogen-bond acceptors (Lipinski definition) is 4. The van der Waals surface area contributed by atoms with E-state index in [1.165, 1.54) is 10.6 Å². The molecule has 1 fully saturated rings. The summed E-state index contributed by atoms with van der Waals surface area (Å²) >= 11 is 0. The molecule has 1 aliphatic heterocycles. The van der Waals surface area contributed by atoms with E-state index < -0.39 is 10.0 Å². The van der Waals surface area contributed by atoms with Crippen LogP contribution in [0.25, 0.3) is 0 Å². The minimum atomic E-state index is -3.18. The van der Waals surface area contributed by atoms with Gasteiger partial charge >= 0.3 is 0 Å². The Kier molecular flexibility index (Phi) is 4.91. The van der Waals surface area contributed by atoms with Crippen molar-refractivity contribution < 1.29 is 13.2 Å². The highest BCUT2D eigenvalue weighted by molar-refractivity contribution is 7.88. The van der Waals surface area contributed by atoms with Crippen LogP contribution >= 0.6 is 0 Å².